The largest absolute Gasteiger partial charge is 0.348 e. The Morgan fingerprint density at radius 3 is 2.14 bits per heavy atom. The minimum atomic E-state index is -3.88. The summed E-state index contributed by atoms with van der Waals surface area (Å²) in [5.41, 5.74) is 4.38. The van der Waals surface area contributed by atoms with Gasteiger partial charge in [0.25, 0.3) is 0 Å². The van der Waals surface area contributed by atoms with Gasteiger partial charge in [-0.05, 0) is 74.8 Å². The van der Waals surface area contributed by atoms with Crippen LogP contribution < -0.4 is 5.32 Å². The lowest BCUT2D eigenvalue weighted by molar-refractivity contribution is -0.121. The maximum absolute atomic E-state index is 13.8. The van der Waals surface area contributed by atoms with Crippen LogP contribution >= 0.6 is 11.8 Å². The van der Waals surface area contributed by atoms with Gasteiger partial charge in [-0.1, -0.05) is 60.2 Å². The predicted molar refractivity (Wildman–Crippen MR) is 144 cm³/mol. The van der Waals surface area contributed by atoms with Gasteiger partial charge in [0, 0.05) is 11.4 Å². The van der Waals surface area contributed by atoms with Crippen molar-refractivity contribution in [2.75, 3.05) is 19.3 Å². The van der Waals surface area contributed by atoms with Crippen molar-refractivity contribution in [3.8, 4) is 0 Å². The molecule has 0 aromatic heterocycles. The molecule has 0 saturated carbocycles. The van der Waals surface area contributed by atoms with E-state index in [1.807, 2.05) is 101 Å². The number of amides is 1. The Morgan fingerprint density at radius 2 is 1.57 bits per heavy atom. The highest BCUT2D eigenvalue weighted by Crippen LogP contribution is 2.26. The lowest BCUT2D eigenvalue weighted by Crippen LogP contribution is -2.42. The smallest absolute Gasteiger partial charge is 0.244 e. The molecular formula is C28H34N2O3S2. The second kappa shape index (κ2) is 11.9. The molecule has 1 amide bonds. The Balaban J connectivity index is 1.84. The van der Waals surface area contributed by atoms with Crippen LogP contribution in [0.5, 0.6) is 0 Å². The van der Waals surface area contributed by atoms with Crippen LogP contribution in [0.15, 0.2) is 76.5 Å². The molecule has 0 aliphatic heterocycles. The third-order valence-electron chi connectivity index (χ3n) is 6.01. The molecule has 186 valence electrons. The van der Waals surface area contributed by atoms with Crippen molar-refractivity contribution in [1.29, 1.82) is 0 Å². The quantitative estimate of drug-likeness (QED) is 0.369. The predicted octanol–water partition coefficient (Wildman–Crippen LogP) is 5.44. The first-order valence-electron chi connectivity index (χ1n) is 11.7. The molecular weight excluding hydrogens is 476 g/mol. The van der Waals surface area contributed by atoms with E-state index in [1.54, 1.807) is 11.8 Å². The summed E-state index contributed by atoms with van der Waals surface area (Å²) >= 11 is 1.66. The van der Waals surface area contributed by atoms with Crippen LogP contribution in [0.3, 0.4) is 0 Å². The number of nitrogens with zero attached hydrogens (tertiary/aromatic N) is 1. The number of sulfonamides is 1. The van der Waals surface area contributed by atoms with Gasteiger partial charge in [0.1, 0.15) is 0 Å². The molecule has 7 heteroatoms. The number of carbonyl (C=O) groups excluding carboxylic acids is 1. The van der Waals surface area contributed by atoms with Crippen LogP contribution in [-0.4, -0.2) is 38.0 Å². The first kappa shape index (κ1) is 27.0. The second-order valence-electron chi connectivity index (χ2n) is 8.86. The zero-order valence-electron chi connectivity index (χ0n) is 21.0. The van der Waals surface area contributed by atoms with E-state index < -0.39 is 10.0 Å². The second-order valence-corrected chi connectivity index (χ2v) is 11.6. The monoisotopic (exact) mass is 510 g/mol. The number of thioether (sulfide) groups is 1. The van der Waals surface area contributed by atoms with Gasteiger partial charge in [-0.25, -0.2) is 8.42 Å². The van der Waals surface area contributed by atoms with Gasteiger partial charge in [-0.2, -0.15) is 4.31 Å². The van der Waals surface area contributed by atoms with Crippen molar-refractivity contribution in [3.63, 3.8) is 0 Å². The van der Waals surface area contributed by atoms with Crippen LogP contribution in [0.25, 0.3) is 0 Å². The number of nitrogens with one attached hydrogen (secondary N) is 1. The van der Waals surface area contributed by atoms with Crippen molar-refractivity contribution in [2.45, 2.75) is 49.9 Å². The lowest BCUT2D eigenvalue weighted by Gasteiger charge is -2.25. The van der Waals surface area contributed by atoms with Gasteiger partial charge in [-0.3, -0.25) is 4.79 Å². The van der Waals surface area contributed by atoms with E-state index in [2.05, 4.69) is 5.32 Å². The summed E-state index contributed by atoms with van der Waals surface area (Å²) in [5.74, 6) is -0.328. The molecule has 0 spiro atoms. The Kier molecular flexibility index (Phi) is 9.16. The van der Waals surface area contributed by atoms with E-state index in [4.69, 9.17) is 0 Å². The third-order valence-corrected chi connectivity index (χ3v) is 8.90. The van der Waals surface area contributed by atoms with Crippen LogP contribution in [0.2, 0.25) is 0 Å². The Hall–Kier alpha value is -2.61. The maximum Gasteiger partial charge on any atom is 0.244 e. The number of carbonyl (C=O) groups is 1. The first-order chi connectivity index (χ1) is 16.6. The SMILES string of the molecule is CSc1ccc(C(C)NC(=O)CN(CCc2ccccc2)S(=O)(=O)c2c(C)cc(C)cc2C)cc1. The van der Waals surface area contributed by atoms with Crippen LogP contribution in [0.1, 0.15) is 40.8 Å². The normalized spacial score (nSPS) is 12.5. The van der Waals surface area contributed by atoms with Crippen LogP contribution in [-0.2, 0) is 21.2 Å². The average Bonchev–Trinajstić information content (AvgIpc) is 2.81. The number of rotatable bonds is 10. The molecule has 0 radical (unpaired) electrons. The summed E-state index contributed by atoms with van der Waals surface area (Å²) < 4.78 is 28.9. The number of benzene rings is 3. The summed E-state index contributed by atoms with van der Waals surface area (Å²) in [7, 11) is -3.88. The third kappa shape index (κ3) is 6.97. The summed E-state index contributed by atoms with van der Waals surface area (Å²) in [6, 6.07) is 21.2. The molecule has 0 aliphatic carbocycles. The molecule has 0 fully saturated rings. The molecule has 3 aromatic carbocycles. The maximum atomic E-state index is 13.8. The van der Waals surface area contributed by atoms with Gasteiger partial charge in [0.05, 0.1) is 17.5 Å². The topological polar surface area (TPSA) is 66.5 Å². The minimum Gasteiger partial charge on any atom is -0.348 e. The molecule has 3 rings (SSSR count). The van der Waals surface area contributed by atoms with Crippen molar-refractivity contribution < 1.29 is 13.2 Å². The van der Waals surface area contributed by atoms with Crippen LogP contribution in [0, 0.1) is 20.8 Å². The molecule has 3 aromatic rings. The van der Waals surface area contributed by atoms with Crippen molar-refractivity contribution in [3.05, 3.63) is 94.5 Å². The summed E-state index contributed by atoms with van der Waals surface area (Å²) in [6.07, 6.45) is 2.53. The highest BCUT2D eigenvalue weighted by atomic mass is 32.2. The molecule has 1 unspecified atom stereocenters. The van der Waals surface area contributed by atoms with Gasteiger partial charge >= 0.3 is 0 Å². The summed E-state index contributed by atoms with van der Waals surface area (Å²) in [5, 5.41) is 2.97. The van der Waals surface area contributed by atoms with Gasteiger partial charge in [-0.15, -0.1) is 11.8 Å². The fourth-order valence-electron chi connectivity index (χ4n) is 4.31. The molecule has 0 heterocycles. The molecule has 1 atom stereocenters. The lowest BCUT2D eigenvalue weighted by atomic mass is 10.1. The fourth-order valence-corrected chi connectivity index (χ4v) is 6.53. The number of aryl methyl sites for hydroxylation is 3. The van der Waals surface area contributed by atoms with E-state index in [1.165, 1.54) is 4.31 Å². The fraction of sp³-hybridized carbons (Fsp3) is 0.321. The number of hydrogen-bond donors (Lipinski definition) is 1. The van der Waals surface area contributed by atoms with E-state index in [9.17, 15) is 13.2 Å². The van der Waals surface area contributed by atoms with Crippen molar-refractivity contribution in [2.24, 2.45) is 0 Å². The first-order valence-corrected chi connectivity index (χ1v) is 14.3. The van der Waals surface area contributed by atoms with E-state index in [0.717, 1.165) is 21.6 Å². The standard InChI is InChI=1S/C28H34N2O3S2/c1-20-17-21(2)28(22(3)18-20)35(32,33)30(16-15-24-9-7-6-8-10-24)19-27(31)29-23(4)25-11-13-26(34-5)14-12-25/h6-14,17-18,23H,15-16,19H2,1-5H3,(H,29,31). The van der Waals surface area contributed by atoms with E-state index >= 15 is 0 Å². The molecule has 5 nitrogen and oxygen atoms in total. The van der Waals surface area contributed by atoms with Gasteiger partial charge < -0.3 is 5.32 Å². The Labute approximate surface area is 214 Å². The Morgan fingerprint density at radius 1 is 0.971 bits per heavy atom. The minimum absolute atomic E-state index is 0.212. The molecule has 0 bridgehead atoms. The van der Waals surface area contributed by atoms with E-state index in [0.29, 0.717) is 17.5 Å². The van der Waals surface area contributed by atoms with Gasteiger partial charge in [0.2, 0.25) is 15.9 Å². The van der Waals surface area contributed by atoms with E-state index in [-0.39, 0.29) is 29.9 Å². The van der Waals surface area contributed by atoms with Crippen LogP contribution in [0.4, 0.5) is 0 Å². The molecule has 1 N–H and O–H groups in total. The highest BCUT2D eigenvalue weighted by molar-refractivity contribution is 7.98. The summed E-state index contributed by atoms with van der Waals surface area (Å²) in [4.78, 5) is 14.5. The van der Waals surface area contributed by atoms with Gasteiger partial charge in [0.15, 0.2) is 0 Å². The Bertz CT molecular complexity index is 1230. The zero-order chi connectivity index (χ0) is 25.6. The number of hydrogen-bond acceptors (Lipinski definition) is 4. The molecule has 35 heavy (non-hydrogen) atoms. The van der Waals surface area contributed by atoms with Crippen molar-refractivity contribution in [1.82, 2.24) is 9.62 Å². The summed E-state index contributed by atoms with van der Waals surface area (Å²) in [6.45, 7) is 7.44. The average molecular weight is 511 g/mol. The molecule has 0 aliphatic rings. The highest BCUT2D eigenvalue weighted by Gasteiger charge is 2.30. The van der Waals surface area contributed by atoms with Crippen molar-refractivity contribution >= 4 is 27.7 Å². The zero-order valence-corrected chi connectivity index (χ0v) is 22.7. The molecule has 0 saturated heterocycles.